The summed E-state index contributed by atoms with van der Waals surface area (Å²) >= 11 is 0. The highest BCUT2D eigenvalue weighted by atomic mass is 15.1. The second kappa shape index (κ2) is 14.0. The van der Waals surface area contributed by atoms with E-state index in [2.05, 4.69) is 230 Å². The van der Waals surface area contributed by atoms with Gasteiger partial charge in [0.2, 0.25) is 0 Å². The molecule has 0 aromatic heterocycles. The third-order valence-corrected chi connectivity index (χ3v) is 14.9. The summed E-state index contributed by atoms with van der Waals surface area (Å²) in [7, 11) is 0. The van der Waals surface area contributed by atoms with Gasteiger partial charge in [-0.2, -0.15) is 0 Å². The molecule has 0 saturated heterocycles. The van der Waals surface area contributed by atoms with Gasteiger partial charge in [0.05, 0.1) is 11.1 Å². The Hall–Kier alpha value is -6.44. The fourth-order valence-corrected chi connectivity index (χ4v) is 11.4. The van der Waals surface area contributed by atoms with Gasteiger partial charge in [0.25, 0.3) is 0 Å². The van der Waals surface area contributed by atoms with E-state index in [1.54, 1.807) is 0 Å². The first kappa shape index (κ1) is 39.2. The lowest BCUT2D eigenvalue weighted by molar-refractivity contribution is 0.586. The van der Waals surface area contributed by atoms with Gasteiger partial charge in [-0.25, -0.2) is 0 Å². The average Bonchev–Trinajstić information content (AvgIpc) is 3.83. The molecule has 0 saturated carbocycles. The molecule has 11 rings (SSSR count). The second-order valence-electron chi connectivity index (χ2n) is 21.4. The number of rotatable bonds is 5. The number of fused-ring (bicyclic) bond motifs is 13. The summed E-state index contributed by atoms with van der Waals surface area (Å²) in [5, 5.41) is 0. The predicted molar refractivity (Wildman–Crippen MR) is 272 cm³/mol. The molecule has 64 heavy (non-hydrogen) atoms. The van der Waals surface area contributed by atoms with Crippen LogP contribution < -0.4 is 4.90 Å². The van der Waals surface area contributed by atoms with Crippen molar-refractivity contribution in [1.82, 2.24) is 0 Å². The fraction of sp³-hybridized carbons (Fsp3) is 0.238. The summed E-state index contributed by atoms with van der Waals surface area (Å²) < 4.78 is 8.77. The van der Waals surface area contributed by atoms with Gasteiger partial charge in [-0.3, -0.25) is 0 Å². The maximum Gasteiger partial charge on any atom is 0.0726 e. The van der Waals surface area contributed by atoms with Crippen molar-refractivity contribution in [3.63, 3.8) is 0 Å². The molecule has 0 atom stereocenters. The van der Waals surface area contributed by atoms with Crippen LogP contribution in [0.15, 0.2) is 170 Å². The van der Waals surface area contributed by atoms with Crippen LogP contribution in [-0.2, 0) is 21.7 Å². The smallest absolute Gasteiger partial charge is 0.0726 e. The van der Waals surface area contributed by atoms with Crippen LogP contribution >= 0.6 is 0 Å². The topological polar surface area (TPSA) is 3.24 Å². The second-order valence-corrected chi connectivity index (χ2v) is 21.4. The molecule has 8 aromatic rings. The third-order valence-electron chi connectivity index (χ3n) is 14.9. The Labute approximate surface area is 382 Å². The van der Waals surface area contributed by atoms with Gasteiger partial charge >= 0.3 is 0 Å². The van der Waals surface area contributed by atoms with Crippen LogP contribution in [0.25, 0.3) is 44.5 Å². The molecule has 316 valence electrons. The maximum atomic E-state index is 8.77. The van der Waals surface area contributed by atoms with Crippen molar-refractivity contribution in [1.29, 1.82) is 0 Å². The number of anilines is 3. The molecular weight excluding hydrogens is 771 g/mol. The van der Waals surface area contributed by atoms with E-state index in [1.165, 1.54) is 77.9 Å². The molecule has 3 aliphatic carbocycles. The van der Waals surface area contributed by atoms with Gasteiger partial charge in [-0.05, 0) is 136 Å². The van der Waals surface area contributed by atoms with E-state index in [9.17, 15) is 0 Å². The molecule has 1 heteroatoms. The molecule has 0 unspecified atom stereocenters. The molecule has 0 bridgehead atoms. The third kappa shape index (κ3) is 5.82. The van der Waals surface area contributed by atoms with Crippen molar-refractivity contribution < 1.29 is 1.37 Å². The number of hydrogen-bond donors (Lipinski definition) is 0. The van der Waals surface area contributed by atoms with Crippen molar-refractivity contribution in [2.24, 2.45) is 0 Å². The number of hydrogen-bond acceptors (Lipinski definition) is 1. The van der Waals surface area contributed by atoms with E-state index < -0.39 is 11.3 Å². The Morgan fingerprint density at radius 2 is 0.844 bits per heavy atom. The highest BCUT2D eigenvalue weighted by Gasteiger charge is 2.52. The highest BCUT2D eigenvalue weighted by molar-refractivity contribution is 5.98. The van der Waals surface area contributed by atoms with Crippen LogP contribution in [0.4, 0.5) is 17.1 Å². The molecule has 3 aliphatic rings. The van der Waals surface area contributed by atoms with Gasteiger partial charge < -0.3 is 4.90 Å². The lowest BCUT2D eigenvalue weighted by Crippen LogP contribution is -2.27. The lowest BCUT2D eigenvalue weighted by atomic mass is 9.68. The fourth-order valence-electron chi connectivity index (χ4n) is 11.4. The zero-order valence-electron chi connectivity index (χ0n) is 40.1. The average molecular weight is 831 g/mol. The van der Waals surface area contributed by atoms with Gasteiger partial charge in [0.1, 0.15) is 0 Å². The van der Waals surface area contributed by atoms with Crippen LogP contribution in [0, 0.1) is 0 Å². The van der Waals surface area contributed by atoms with Crippen LogP contribution in [-0.4, -0.2) is 0 Å². The van der Waals surface area contributed by atoms with Crippen molar-refractivity contribution in [3.05, 3.63) is 220 Å². The summed E-state index contributed by atoms with van der Waals surface area (Å²) in [5.74, 6) is -0.685. The van der Waals surface area contributed by atoms with Gasteiger partial charge in [-0.15, -0.1) is 0 Å². The first-order valence-electron chi connectivity index (χ1n) is 23.7. The maximum absolute atomic E-state index is 8.77. The van der Waals surface area contributed by atoms with E-state index >= 15 is 0 Å². The molecule has 0 amide bonds. The molecule has 1 spiro atoms. The van der Waals surface area contributed by atoms with Crippen molar-refractivity contribution in [2.45, 2.75) is 96.8 Å². The molecule has 8 aromatic carbocycles. The minimum Gasteiger partial charge on any atom is -0.310 e. The first-order valence-corrected chi connectivity index (χ1v) is 23.2. The molecule has 0 radical (unpaired) electrons. The highest BCUT2D eigenvalue weighted by Crippen LogP contribution is 2.64. The van der Waals surface area contributed by atoms with E-state index in [0.717, 1.165) is 33.8 Å². The summed E-state index contributed by atoms with van der Waals surface area (Å²) in [6, 6.07) is 64.7. The molecule has 1 nitrogen and oxygen atoms in total. The van der Waals surface area contributed by atoms with E-state index in [1.807, 2.05) is 13.8 Å². The van der Waals surface area contributed by atoms with Gasteiger partial charge in [-0.1, -0.05) is 209 Å². The van der Waals surface area contributed by atoms with Crippen molar-refractivity contribution in [2.75, 3.05) is 4.90 Å². The van der Waals surface area contributed by atoms with Gasteiger partial charge in [0, 0.05) is 23.7 Å². The largest absolute Gasteiger partial charge is 0.310 e. The van der Waals surface area contributed by atoms with Crippen LogP contribution in [0.3, 0.4) is 0 Å². The molecule has 0 heterocycles. The zero-order valence-corrected chi connectivity index (χ0v) is 39.1. The normalized spacial score (nSPS) is 15.2. The Bertz CT molecular complexity index is 3170. The monoisotopic (exact) mass is 830 g/mol. The Kier molecular flexibility index (Phi) is 8.59. The Balaban J connectivity index is 1.20. The zero-order chi connectivity index (χ0) is 45.4. The minimum absolute atomic E-state index is 0.0273. The summed E-state index contributed by atoms with van der Waals surface area (Å²) in [6.07, 6.45) is 0. The Morgan fingerprint density at radius 3 is 1.39 bits per heavy atom. The summed E-state index contributed by atoms with van der Waals surface area (Å²) in [4.78, 5) is 2.52. The molecule has 0 N–H and O–H groups in total. The molecule has 0 aliphatic heterocycles. The quantitative estimate of drug-likeness (QED) is 0.167. The Morgan fingerprint density at radius 1 is 0.422 bits per heavy atom. The van der Waals surface area contributed by atoms with Crippen molar-refractivity contribution >= 4 is 17.1 Å². The van der Waals surface area contributed by atoms with Crippen LogP contribution in [0.5, 0.6) is 0 Å². The van der Waals surface area contributed by atoms with Gasteiger partial charge in [0.15, 0.2) is 0 Å². The van der Waals surface area contributed by atoms with E-state index in [0.29, 0.717) is 0 Å². The number of nitrogens with zero attached hydrogens (tertiary/aromatic N) is 1. The SMILES string of the molecule is [2H]C(C)(C)c1ccc(-c2ccccc2N(c2ccc3c(c2)C(C)(C)c2ccccc2-3)c2ccc3c(c2)C2(c4ccccc4-3)c3cc(C(C)(C)C)ccc3-c3ccc(C(C)(C)C)cc32)cc1. The van der Waals surface area contributed by atoms with Crippen molar-refractivity contribution in [3.8, 4) is 44.5 Å². The van der Waals surface area contributed by atoms with Crippen LogP contribution in [0.1, 0.15) is 127 Å². The molecule has 0 fully saturated rings. The molecular formula is C63H59N. The standard InChI is InChI=1S/C63H59N/c1-39(2)40-23-25-41(26-24-40)46-17-13-16-22-59(46)64(44-29-33-49-47-18-11-14-20-53(47)62(9,10)55(49)37-44)45-30-34-52-48-19-12-15-21-54(48)63(58(52)38-45)56-35-42(60(3,4)5)27-31-50(56)51-32-28-43(36-57(51)63)61(6,7)8/h11-39H,1-10H3/i39D. The van der Waals surface area contributed by atoms with Crippen LogP contribution in [0.2, 0.25) is 0 Å². The number of para-hydroxylation sites is 1. The van der Waals surface area contributed by atoms with E-state index in [4.69, 9.17) is 1.37 Å². The minimum atomic E-state index is -0.685. The predicted octanol–water partition coefficient (Wildman–Crippen LogP) is 17.2. The van der Waals surface area contributed by atoms with E-state index in [-0.39, 0.29) is 16.2 Å². The number of benzene rings is 8. The lowest BCUT2D eigenvalue weighted by Gasteiger charge is -2.34. The summed E-state index contributed by atoms with van der Waals surface area (Å²) in [5.41, 5.74) is 24.6. The first-order chi connectivity index (χ1) is 30.9. The summed E-state index contributed by atoms with van der Waals surface area (Å²) in [6.45, 7) is 22.7.